The molecule has 0 saturated carbocycles. The van der Waals surface area contributed by atoms with Gasteiger partial charge in [0.1, 0.15) is 0 Å². The molecule has 0 spiro atoms. The van der Waals surface area contributed by atoms with E-state index in [2.05, 4.69) is 15.5 Å². The summed E-state index contributed by atoms with van der Waals surface area (Å²) in [7, 11) is -3.43. The van der Waals surface area contributed by atoms with Gasteiger partial charge in [-0.15, -0.1) is 0 Å². The Labute approximate surface area is 122 Å². The fourth-order valence-corrected chi connectivity index (χ4v) is 2.52. The van der Waals surface area contributed by atoms with Crippen molar-refractivity contribution in [2.45, 2.75) is 17.9 Å². The van der Waals surface area contributed by atoms with Crippen molar-refractivity contribution in [3.8, 4) is 0 Å². The van der Waals surface area contributed by atoms with Crippen LogP contribution in [0.2, 0.25) is 0 Å². The van der Waals surface area contributed by atoms with Crippen molar-refractivity contribution >= 4 is 21.4 Å². The van der Waals surface area contributed by atoms with Gasteiger partial charge < -0.3 is 11.1 Å². The number of anilines is 1. The molecule has 0 aliphatic rings. The minimum Gasteiger partial charge on any atom is -0.399 e. The second kappa shape index (κ2) is 5.57. The van der Waals surface area contributed by atoms with E-state index in [9.17, 15) is 13.2 Å². The van der Waals surface area contributed by atoms with Gasteiger partial charge in [0.2, 0.25) is 0 Å². The molecule has 1 unspecified atom stereocenters. The zero-order chi connectivity index (χ0) is 15.6. The summed E-state index contributed by atoms with van der Waals surface area (Å²) in [6.45, 7) is 1.80. The SMILES string of the molecule is CC(NC(=O)c1cc(N)cc(S(C)(=O)=O)c1)c1cn[nH]c1. The molecule has 0 fully saturated rings. The highest BCUT2D eigenvalue weighted by atomic mass is 32.2. The molecule has 112 valence electrons. The maximum atomic E-state index is 12.2. The molecule has 1 heterocycles. The first-order valence-corrected chi connectivity index (χ1v) is 8.06. The Morgan fingerprint density at radius 3 is 2.67 bits per heavy atom. The summed E-state index contributed by atoms with van der Waals surface area (Å²) in [5, 5.41) is 9.22. The highest BCUT2D eigenvalue weighted by molar-refractivity contribution is 7.90. The highest BCUT2D eigenvalue weighted by Crippen LogP contribution is 2.18. The lowest BCUT2D eigenvalue weighted by molar-refractivity contribution is 0.0939. The quantitative estimate of drug-likeness (QED) is 0.725. The smallest absolute Gasteiger partial charge is 0.251 e. The van der Waals surface area contributed by atoms with Crippen LogP contribution >= 0.6 is 0 Å². The predicted molar refractivity (Wildman–Crippen MR) is 78.4 cm³/mol. The average molecular weight is 308 g/mol. The van der Waals surface area contributed by atoms with E-state index in [1.807, 2.05) is 0 Å². The maximum absolute atomic E-state index is 12.2. The number of aromatic nitrogens is 2. The van der Waals surface area contributed by atoms with Crippen LogP contribution in [0, 0.1) is 0 Å². The van der Waals surface area contributed by atoms with E-state index in [0.717, 1.165) is 11.8 Å². The zero-order valence-corrected chi connectivity index (χ0v) is 12.4. The fraction of sp³-hybridized carbons (Fsp3) is 0.231. The van der Waals surface area contributed by atoms with Gasteiger partial charge in [0.05, 0.1) is 17.1 Å². The number of nitrogens with two attached hydrogens (primary N) is 1. The Bertz CT molecular complexity index is 754. The van der Waals surface area contributed by atoms with Crippen LogP contribution in [-0.2, 0) is 9.84 Å². The normalized spacial score (nSPS) is 12.9. The van der Waals surface area contributed by atoms with Crippen LogP contribution in [0.1, 0.15) is 28.9 Å². The van der Waals surface area contributed by atoms with Gasteiger partial charge in [-0.05, 0) is 25.1 Å². The molecule has 7 nitrogen and oxygen atoms in total. The van der Waals surface area contributed by atoms with Gasteiger partial charge in [0, 0.05) is 29.3 Å². The number of hydrogen-bond acceptors (Lipinski definition) is 5. The summed E-state index contributed by atoms with van der Waals surface area (Å²) in [6, 6.07) is 3.81. The number of hydrogen-bond donors (Lipinski definition) is 3. The van der Waals surface area contributed by atoms with Gasteiger partial charge in [-0.2, -0.15) is 5.10 Å². The van der Waals surface area contributed by atoms with Crippen molar-refractivity contribution in [3.05, 3.63) is 41.7 Å². The number of nitrogens with one attached hydrogen (secondary N) is 2. The molecule has 0 aliphatic carbocycles. The molecule has 2 rings (SSSR count). The topological polar surface area (TPSA) is 118 Å². The number of sulfone groups is 1. The number of rotatable bonds is 4. The predicted octanol–water partition coefficient (Wildman–Crippen LogP) is 0.886. The van der Waals surface area contributed by atoms with Crippen molar-refractivity contribution in [2.24, 2.45) is 0 Å². The van der Waals surface area contributed by atoms with Gasteiger partial charge in [-0.25, -0.2) is 8.42 Å². The van der Waals surface area contributed by atoms with E-state index < -0.39 is 15.7 Å². The molecule has 8 heteroatoms. The first-order chi connectivity index (χ1) is 9.77. The number of aromatic amines is 1. The van der Waals surface area contributed by atoms with Crippen molar-refractivity contribution in [1.29, 1.82) is 0 Å². The number of carbonyl (C=O) groups excluding carboxylic acids is 1. The molecular weight excluding hydrogens is 292 g/mol. The van der Waals surface area contributed by atoms with E-state index >= 15 is 0 Å². The van der Waals surface area contributed by atoms with Crippen molar-refractivity contribution in [1.82, 2.24) is 15.5 Å². The van der Waals surface area contributed by atoms with Crippen LogP contribution in [0.5, 0.6) is 0 Å². The van der Waals surface area contributed by atoms with Crippen molar-refractivity contribution in [3.63, 3.8) is 0 Å². The van der Waals surface area contributed by atoms with Crippen LogP contribution in [0.4, 0.5) is 5.69 Å². The number of amides is 1. The third kappa shape index (κ3) is 3.60. The Morgan fingerprint density at radius 1 is 1.38 bits per heavy atom. The number of nitrogen functional groups attached to an aromatic ring is 1. The molecule has 0 saturated heterocycles. The van der Waals surface area contributed by atoms with Gasteiger partial charge in [-0.1, -0.05) is 0 Å². The first kappa shape index (κ1) is 15.0. The zero-order valence-electron chi connectivity index (χ0n) is 11.6. The second-order valence-corrected chi connectivity index (χ2v) is 6.81. The summed E-state index contributed by atoms with van der Waals surface area (Å²) in [5.74, 6) is -0.402. The second-order valence-electron chi connectivity index (χ2n) is 4.79. The Hall–Kier alpha value is -2.35. The number of H-pyrrole nitrogens is 1. The van der Waals surface area contributed by atoms with Gasteiger partial charge >= 0.3 is 0 Å². The number of benzene rings is 1. The molecule has 0 bridgehead atoms. The summed E-state index contributed by atoms with van der Waals surface area (Å²) in [6.07, 6.45) is 4.34. The minimum absolute atomic E-state index is 0.0172. The Balaban J connectivity index is 2.25. The Kier molecular flexibility index (Phi) is 3.99. The van der Waals surface area contributed by atoms with Gasteiger partial charge in [0.15, 0.2) is 9.84 Å². The lowest BCUT2D eigenvalue weighted by atomic mass is 10.1. The van der Waals surface area contributed by atoms with Gasteiger partial charge in [0.25, 0.3) is 5.91 Å². The molecule has 1 atom stereocenters. The molecule has 0 aliphatic heterocycles. The number of carbonyl (C=O) groups is 1. The monoisotopic (exact) mass is 308 g/mol. The molecule has 4 N–H and O–H groups in total. The molecule has 1 amide bonds. The minimum atomic E-state index is -3.43. The third-order valence-corrected chi connectivity index (χ3v) is 4.08. The van der Waals surface area contributed by atoms with Crippen molar-refractivity contribution < 1.29 is 13.2 Å². The molecular formula is C13H16N4O3S. The first-order valence-electron chi connectivity index (χ1n) is 6.17. The summed E-state index contributed by atoms with van der Waals surface area (Å²) in [5.41, 5.74) is 6.90. The third-order valence-electron chi connectivity index (χ3n) is 2.99. The van der Waals surface area contributed by atoms with E-state index in [-0.39, 0.29) is 22.2 Å². The largest absolute Gasteiger partial charge is 0.399 e. The lowest BCUT2D eigenvalue weighted by Crippen LogP contribution is -2.26. The maximum Gasteiger partial charge on any atom is 0.251 e. The Morgan fingerprint density at radius 2 is 2.10 bits per heavy atom. The molecule has 1 aromatic carbocycles. The fourth-order valence-electron chi connectivity index (χ4n) is 1.83. The van der Waals surface area contributed by atoms with Crippen LogP contribution in [0.25, 0.3) is 0 Å². The van der Waals surface area contributed by atoms with Crippen molar-refractivity contribution in [2.75, 3.05) is 12.0 Å². The lowest BCUT2D eigenvalue weighted by Gasteiger charge is -2.13. The van der Waals surface area contributed by atoms with Crippen LogP contribution in [0.15, 0.2) is 35.5 Å². The van der Waals surface area contributed by atoms with Gasteiger partial charge in [-0.3, -0.25) is 9.89 Å². The van der Waals surface area contributed by atoms with Crippen LogP contribution in [-0.4, -0.2) is 30.8 Å². The van der Waals surface area contributed by atoms with E-state index in [1.54, 1.807) is 19.3 Å². The van der Waals surface area contributed by atoms with E-state index in [4.69, 9.17) is 5.73 Å². The summed E-state index contributed by atoms with van der Waals surface area (Å²) < 4.78 is 23.1. The standard InChI is InChI=1S/C13H16N4O3S/c1-8(10-6-15-16-7-10)17-13(18)9-3-11(14)5-12(4-9)21(2,19)20/h3-8H,14H2,1-2H3,(H,15,16)(H,17,18). The van der Waals surface area contributed by atoms with E-state index in [1.165, 1.54) is 18.2 Å². The molecule has 21 heavy (non-hydrogen) atoms. The molecule has 0 radical (unpaired) electrons. The summed E-state index contributed by atoms with van der Waals surface area (Å²) in [4.78, 5) is 12.2. The van der Waals surface area contributed by atoms with Crippen LogP contribution < -0.4 is 11.1 Å². The van der Waals surface area contributed by atoms with Crippen LogP contribution in [0.3, 0.4) is 0 Å². The summed E-state index contributed by atoms with van der Waals surface area (Å²) >= 11 is 0. The average Bonchev–Trinajstić information content (AvgIpc) is 2.90. The molecule has 2 aromatic rings. The molecule has 1 aromatic heterocycles. The number of nitrogens with zero attached hydrogens (tertiary/aromatic N) is 1. The van der Waals surface area contributed by atoms with E-state index in [0.29, 0.717) is 0 Å². The highest BCUT2D eigenvalue weighted by Gasteiger charge is 2.16.